The van der Waals surface area contributed by atoms with E-state index in [2.05, 4.69) is 5.32 Å². The van der Waals surface area contributed by atoms with Gasteiger partial charge in [0.1, 0.15) is 6.04 Å². The van der Waals surface area contributed by atoms with Gasteiger partial charge in [0.25, 0.3) is 17.7 Å². The number of hydrogen-bond donors (Lipinski definition) is 1. The van der Waals surface area contributed by atoms with Gasteiger partial charge in [0.15, 0.2) is 6.61 Å². The molecule has 0 radical (unpaired) electrons. The number of benzene rings is 2. The number of halogens is 1. The fourth-order valence-corrected chi connectivity index (χ4v) is 3.41. The number of nitrogens with zero attached hydrogens (tertiary/aromatic N) is 1. The van der Waals surface area contributed by atoms with E-state index in [0.717, 1.165) is 10.5 Å². The number of hydrogen-bond acceptors (Lipinski definition) is 5. The maximum atomic E-state index is 12.7. The Kier molecular flexibility index (Phi) is 6.22. The smallest absolute Gasteiger partial charge is 0.330 e. The van der Waals surface area contributed by atoms with Crippen molar-refractivity contribution < 1.29 is 23.9 Å². The SMILES string of the molecule is Cc1ccc(NC(=O)COC(=O)[C@@H](C(C)C)N2C(=O)c3ccccc3C2=O)cc1Cl. The Hall–Kier alpha value is -3.19. The maximum absolute atomic E-state index is 12.7. The van der Waals surface area contributed by atoms with Crippen LogP contribution in [0.4, 0.5) is 5.69 Å². The molecule has 3 rings (SSSR count). The summed E-state index contributed by atoms with van der Waals surface area (Å²) in [6.45, 7) is 4.67. The molecule has 7 nitrogen and oxygen atoms in total. The lowest BCUT2D eigenvalue weighted by atomic mass is 10.0. The maximum Gasteiger partial charge on any atom is 0.330 e. The Labute approximate surface area is 179 Å². The van der Waals surface area contributed by atoms with Gasteiger partial charge in [0.05, 0.1) is 11.1 Å². The predicted octanol–water partition coefficient (Wildman–Crippen LogP) is 3.45. The number of carbonyl (C=O) groups is 4. The lowest BCUT2D eigenvalue weighted by Gasteiger charge is -2.27. The van der Waals surface area contributed by atoms with Crippen LogP contribution in [0.3, 0.4) is 0 Å². The molecule has 0 spiro atoms. The molecule has 1 aliphatic heterocycles. The second-order valence-electron chi connectivity index (χ2n) is 7.33. The summed E-state index contributed by atoms with van der Waals surface area (Å²) >= 11 is 6.03. The van der Waals surface area contributed by atoms with Crippen LogP contribution < -0.4 is 5.32 Å². The molecule has 2 aromatic carbocycles. The van der Waals surface area contributed by atoms with Gasteiger partial charge in [-0.25, -0.2) is 4.79 Å². The standard InChI is InChI=1S/C22H21ClN2O5/c1-12(2)19(25-20(27)15-6-4-5-7-16(15)21(25)28)22(29)30-11-18(26)24-14-9-8-13(3)17(23)10-14/h4-10,12,19H,11H2,1-3H3,(H,24,26)/t19-/m1/s1. The molecule has 30 heavy (non-hydrogen) atoms. The van der Waals surface area contributed by atoms with Gasteiger partial charge < -0.3 is 10.1 Å². The van der Waals surface area contributed by atoms with Gasteiger partial charge in [0, 0.05) is 10.7 Å². The van der Waals surface area contributed by atoms with Crippen molar-refractivity contribution in [3.8, 4) is 0 Å². The second-order valence-corrected chi connectivity index (χ2v) is 7.74. The normalized spacial score (nSPS) is 14.0. The van der Waals surface area contributed by atoms with Crippen LogP contribution in [0.1, 0.15) is 40.1 Å². The molecule has 1 N–H and O–H groups in total. The highest BCUT2D eigenvalue weighted by Gasteiger charge is 2.44. The first-order valence-electron chi connectivity index (χ1n) is 9.40. The molecule has 156 valence electrons. The van der Waals surface area contributed by atoms with Crippen molar-refractivity contribution in [1.29, 1.82) is 0 Å². The van der Waals surface area contributed by atoms with E-state index in [4.69, 9.17) is 16.3 Å². The number of anilines is 1. The zero-order valence-electron chi connectivity index (χ0n) is 16.8. The van der Waals surface area contributed by atoms with Gasteiger partial charge in [-0.3, -0.25) is 19.3 Å². The number of aryl methyl sites for hydroxylation is 1. The van der Waals surface area contributed by atoms with Crippen molar-refractivity contribution in [2.75, 3.05) is 11.9 Å². The number of esters is 1. The van der Waals surface area contributed by atoms with Crippen LogP contribution in [0.2, 0.25) is 5.02 Å². The number of rotatable bonds is 6. The average Bonchev–Trinajstić information content (AvgIpc) is 2.95. The molecular formula is C22H21ClN2O5. The van der Waals surface area contributed by atoms with Crippen LogP contribution >= 0.6 is 11.6 Å². The molecule has 0 aliphatic carbocycles. The molecule has 8 heteroatoms. The third-order valence-corrected chi connectivity index (χ3v) is 5.18. The highest BCUT2D eigenvalue weighted by Crippen LogP contribution is 2.27. The van der Waals surface area contributed by atoms with Gasteiger partial charge >= 0.3 is 5.97 Å². The van der Waals surface area contributed by atoms with E-state index >= 15 is 0 Å². The quantitative estimate of drug-likeness (QED) is 0.562. The first-order chi connectivity index (χ1) is 14.2. The van der Waals surface area contributed by atoms with E-state index in [1.807, 2.05) is 6.92 Å². The van der Waals surface area contributed by atoms with E-state index < -0.39 is 42.3 Å². The second kappa shape index (κ2) is 8.67. The summed E-state index contributed by atoms with van der Waals surface area (Å²) < 4.78 is 5.13. The van der Waals surface area contributed by atoms with Crippen molar-refractivity contribution >= 4 is 41.0 Å². The van der Waals surface area contributed by atoms with E-state index in [1.54, 1.807) is 56.3 Å². The average molecular weight is 429 g/mol. The van der Waals surface area contributed by atoms with E-state index in [-0.39, 0.29) is 11.1 Å². The third kappa shape index (κ3) is 4.21. The molecule has 0 aromatic heterocycles. The summed E-state index contributed by atoms with van der Waals surface area (Å²) in [5.41, 5.74) is 1.82. The van der Waals surface area contributed by atoms with Crippen molar-refractivity contribution in [1.82, 2.24) is 4.90 Å². The molecule has 0 unspecified atom stereocenters. The number of ether oxygens (including phenoxy) is 1. The molecule has 0 fully saturated rings. The molecule has 3 amide bonds. The minimum Gasteiger partial charge on any atom is -0.454 e. The van der Waals surface area contributed by atoms with Gasteiger partial charge in [-0.1, -0.05) is 43.6 Å². The monoisotopic (exact) mass is 428 g/mol. The molecule has 1 atom stereocenters. The molecule has 1 aliphatic rings. The van der Waals surface area contributed by atoms with Crippen LogP contribution in [-0.4, -0.2) is 41.2 Å². The van der Waals surface area contributed by atoms with Crippen LogP contribution in [0.5, 0.6) is 0 Å². The summed E-state index contributed by atoms with van der Waals surface area (Å²) in [5.74, 6) is -2.89. The first-order valence-corrected chi connectivity index (χ1v) is 9.78. The Morgan fingerprint density at radius 3 is 2.20 bits per heavy atom. The van der Waals surface area contributed by atoms with Gasteiger partial charge in [-0.15, -0.1) is 0 Å². The van der Waals surface area contributed by atoms with Crippen LogP contribution in [0, 0.1) is 12.8 Å². The van der Waals surface area contributed by atoms with Crippen molar-refractivity contribution in [3.05, 3.63) is 64.2 Å². The minimum atomic E-state index is -1.14. The minimum absolute atomic E-state index is 0.245. The van der Waals surface area contributed by atoms with Crippen LogP contribution in [-0.2, 0) is 14.3 Å². The lowest BCUT2D eigenvalue weighted by molar-refractivity contribution is -0.152. The highest BCUT2D eigenvalue weighted by atomic mass is 35.5. The van der Waals surface area contributed by atoms with Crippen LogP contribution in [0.25, 0.3) is 0 Å². The van der Waals surface area contributed by atoms with Gasteiger partial charge in [-0.2, -0.15) is 0 Å². The molecule has 0 saturated heterocycles. The Bertz CT molecular complexity index is 999. The van der Waals surface area contributed by atoms with Gasteiger partial charge in [-0.05, 0) is 42.7 Å². The van der Waals surface area contributed by atoms with E-state index in [9.17, 15) is 19.2 Å². The molecule has 1 heterocycles. The lowest BCUT2D eigenvalue weighted by Crippen LogP contribution is -2.49. The predicted molar refractivity (Wildman–Crippen MR) is 111 cm³/mol. The number of amides is 3. The fraction of sp³-hybridized carbons (Fsp3) is 0.273. The fourth-order valence-electron chi connectivity index (χ4n) is 3.23. The van der Waals surface area contributed by atoms with E-state index in [0.29, 0.717) is 10.7 Å². The summed E-state index contributed by atoms with van der Waals surface area (Å²) in [7, 11) is 0. The molecule has 2 aromatic rings. The summed E-state index contributed by atoms with van der Waals surface area (Å²) in [6.07, 6.45) is 0. The Morgan fingerprint density at radius 2 is 1.67 bits per heavy atom. The van der Waals surface area contributed by atoms with E-state index in [1.165, 1.54) is 0 Å². The number of fused-ring (bicyclic) bond motifs is 1. The van der Waals surface area contributed by atoms with Crippen molar-refractivity contribution in [3.63, 3.8) is 0 Å². The summed E-state index contributed by atoms with van der Waals surface area (Å²) in [5, 5.41) is 3.08. The third-order valence-electron chi connectivity index (χ3n) is 4.78. The van der Waals surface area contributed by atoms with Crippen LogP contribution in [0.15, 0.2) is 42.5 Å². The Balaban J connectivity index is 1.68. The number of imide groups is 1. The number of carbonyl (C=O) groups excluding carboxylic acids is 4. The van der Waals surface area contributed by atoms with Crippen molar-refractivity contribution in [2.45, 2.75) is 26.8 Å². The topological polar surface area (TPSA) is 92.8 Å². The molecule has 0 bridgehead atoms. The van der Waals surface area contributed by atoms with Gasteiger partial charge in [0.2, 0.25) is 0 Å². The largest absolute Gasteiger partial charge is 0.454 e. The highest BCUT2D eigenvalue weighted by molar-refractivity contribution is 6.31. The Morgan fingerprint density at radius 1 is 1.07 bits per heavy atom. The molecular weight excluding hydrogens is 408 g/mol. The zero-order chi connectivity index (χ0) is 22.0. The first kappa shape index (κ1) is 21.5. The summed E-state index contributed by atoms with van der Waals surface area (Å²) in [4.78, 5) is 51.2. The number of nitrogens with one attached hydrogen (secondary N) is 1. The summed E-state index contributed by atoms with van der Waals surface area (Å²) in [6, 6.07) is 10.3. The van der Waals surface area contributed by atoms with Crippen molar-refractivity contribution in [2.24, 2.45) is 5.92 Å². The zero-order valence-corrected chi connectivity index (χ0v) is 17.5. The molecule has 0 saturated carbocycles.